The second kappa shape index (κ2) is 5.13. The largest absolute Gasteiger partial charge is 0.309 e. The lowest BCUT2D eigenvalue weighted by Gasteiger charge is -2.06. The normalized spacial score (nSPS) is 11.3. The summed E-state index contributed by atoms with van der Waals surface area (Å²) >= 11 is 1.45. The quantitative estimate of drug-likeness (QED) is 0.564. The Kier molecular flexibility index (Phi) is 3.09. The average molecular weight is 324 g/mol. The van der Waals surface area contributed by atoms with Gasteiger partial charge in [0.25, 0.3) is 11.1 Å². The van der Waals surface area contributed by atoms with Gasteiger partial charge in [0.15, 0.2) is 4.96 Å². The van der Waals surface area contributed by atoms with Crippen molar-refractivity contribution in [2.75, 3.05) is 0 Å². The number of rotatable bonds is 2. The van der Waals surface area contributed by atoms with E-state index in [-0.39, 0.29) is 17.7 Å². The van der Waals surface area contributed by atoms with E-state index in [0.29, 0.717) is 21.6 Å². The molecule has 4 heterocycles. The van der Waals surface area contributed by atoms with Gasteiger partial charge in [-0.3, -0.25) is 19.0 Å². The summed E-state index contributed by atoms with van der Waals surface area (Å²) in [5.74, 6) is 0. The van der Waals surface area contributed by atoms with Gasteiger partial charge >= 0.3 is 0 Å². The molecule has 0 saturated carbocycles. The molecule has 0 amide bonds. The molecular formula is C16H12N4O2S. The SMILES string of the molecule is Cc1cn2c(=O)cc(Cn3ccc4ncccc4c3=O)nc2s1. The summed E-state index contributed by atoms with van der Waals surface area (Å²) in [5.41, 5.74) is 0.957. The Morgan fingerprint density at radius 1 is 1.26 bits per heavy atom. The highest BCUT2D eigenvalue weighted by Gasteiger charge is 2.08. The molecule has 4 rings (SSSR count). The number of nitrogens with zero attached hydrogens (tertiary/aromatic N) is 4. The average Bonchev–Trinajstić information content (AvgIpc) is 2.91. The Labute approximate surface area is 134 Å². The Morgan fingerprint density at radius 3 is 3.00 bits per heavy atom. The van der Waals surface area contributed by atoms with Crippen molar-refractivity contribution in [3.8, 4) is 0 Å². The second-order valence-corrected chi connectivity index (χ2v) is 6.48. The zero-order chi connectivity index (χ0) is 16.0. The van der Waals surface area contributed by atoms with E-state index >= 15 is 0 Å². The van der Waals surface area contributed by atoms with E-state index < -0.39 is 0 Å². The lowest BCUT2D eigenvalue weighted by Crippen LogP contribution is -2.22. The number of fused-ring (bicyclic) bond motifs is 2. The Hall–Kier alpha value is -2.80. The third-order valence-corrected chi connectivity index (χ3v) is 4.51. The van der Waals surface area contributed by atoms with Gasteiger partial charge in [0.1, 0.15) is 0 Å². The van der Waals surface area contributed by atoms with E-state index in [1.807, 2.05) is 6.92 Å². The smallest absolute Gasteiger partial charge is 0.260 e. The van der Waals surface area contributed by atoms with Crippen LogP contribution in [0.4, 0.5) is 0 Å². The lowest BCUT2D eigenvalue weighted by molar-refractivity contribution is 0.744. The zero-order valence-electron chi connectivity index (χ0n) is 12.3. The highest BCUT2D eigenvalue weighted by Crippen LogP contribution is 2.13. The maximum atomic E-state index is 12.5. The minimum Gasteiger partial charge on any atom is -0.309 e. The molecule has 0 bridgehead atoms. The van der Waals surface area contributed by atoms with E-state index in [4.69, 9.17) is 0 Å². The maximum Gasteiger partial charge on any atom is 0.260 e. The zero-order valence-corrected chi connectivity index (χ0v) is 13.1. The van der Waals surface area contributed by atoms with Crippen LogP contribution in [0.25, 0.3) is 15.9 Å². The molecule has 0 spiro atoms. The number of pyridine rings is 2. The fourth-order valence-electron chi connectivity index (χ4n) is 2.55. The van der Waals surface area contributed by atoms with Gasteiger partial charge in [-0.05, 0) is 25.1 Å². The van der Waals surface area contributed by atoms with Crippen molar-refractivity contribution >= 4 is 27.2 Å². The van der Waals surface area contributed by atoms with Gasteiger partial charge in [0.05, 0.1) is 23.1 Å². The van der Waals surface area contributed by atoms with Gasteiger partial charge in [-0.2, -0.15) is 0 Å². The van der Waals surface area contributed by atoms with Gasteiger partial charge in [0, 0.05) is 29.5 Å². The summed E-state index contributed by atoms with van der Waals surface area (Å²) < 4.78 is 3.07. The summed E-state index contributed by atoms with van der Waals surface area (Å²) in [6, 6.07) is 6.74. The number of aromatic nitrogens is 4. The molecule has 114 valence electrons. The number of aryl methyl sites for hydroxylation is 1. The second-order valence-electron chi connectivity index (χ2n) is 5.27. The third kappa shape index (κ3) is 2.35. The van der Waals surface area contributed by atoms with Gasteiger partial charge in [-0.15, -0.1) is 11.3 Å². The van der Waals surface area contributed by atoms with E-state index in [2.05, 4.69) is 9.97 Å². The van der Waals surface area contributed by atoms with Crippen molar-refractivity contribution in [2.24, 2.45) is 0 Å². The first-order valence-electron chi connectivity index (χ1n) is 7.05. The Balaban J connectivity index is 1.83. The van der Waals surface area contributed by atoms with E-state index in [9.17, 15) is 9.59 Å². The van der Waals surface area contributed by atoms with Crippen molar-refractivity contribution in [2.45, 2.75) is 13.5 Å². The lowest BCUT2D eigenvalue weighted by atomic mass is 10.2. The molecule has 23 heavy (non-hydrogen) atoms. The molecule has 0 aliphatic carbocycles. The number of hydrogen-bond donors (Lipinski definition) is 0. The first-order chi connectivity index (χ1) is 11.1. The van der Waals surface area contributed by atoms with Gasteiger partial charge in [-0.1, -0.05) is 0 Å². The van der Waals surface area contributed by atoms with Crippen molar-refractivity contribution in [3.05, 3.63) is 74.1 Å². The molecular weight excluding hydrogens is 312 g/mol. The molecule has 0 N–H and O–H groups in total. The molecule has 7 heteroatoms. The van der Waals surface area contributed by atoms with Crippen LogP contribution in [-0.4, -0.2) is 18.9 Å². The van der Waals surface area contributed by atoms with Crippen LogP contribution in [0.2, 0.25) is 0 Å². The third-order valence-electron chi connectivity index (χ3n) is 3.61. The maximum absolute atomic E-state index is 12.5. The van der Waals surface area contributed by atoms with Crippen LogP contribution >= 0.6 is 11.3 Å². The van der Waals surface area contributed by atoms with Crippen LogP contribution in [0.5, 0.6) is 0 Å². The highest BCUT2D eigenvalue weighted by atomic mass is 32.1. The minimum atomic E-state index is -0.139. The summed E-state index contributed by atoms with van der Waals surface area (Å²) in [5, 5.41) is 0.555. The van der Waals surface area contributed by atoms with E-state index in [1.54, 1.807) is 41.4 Å². The summed E-state index contributed by atoms with van der Waals surface area (Å²) in [6.45, 7) is 2.19. The van der Waals surface area contributed by atoms with Crippen LogP contribution in [0.1, 0.15) is 10.6 Å². The number of hydrogen-bond acceptors (Lipinski definition) is 5. The molecule has 4 aromatic rings. The Morgan fingerprint density at radius 2 is 2.13 bits per heavy atom. The van der Waals surface area contributed by atoms with E-state index in [1.165, 1.54) is 21.8 Å². The van der Waals surface area contributed by atoms with Crippen LogP contribution in [-0.2, 0) is 6.54 Å². The topological polar surface area (TPSA) is 69.3 Å². The Bertz CT molecular complexity index is 1160. The fourth-order valence-corrected chi connectivity index (χ4v) is 3.40. The van der Waals surface area contributed by atoms with Crippen LogP contribution < -0.4 is 11.1 Å². The first-order valence-corrected chi connectivity index (χ1v) is 7.86. The van der Waals surface area contributed by atoms with Crippen LogP contribution in [0.15, 0.2) is 52.4 Å². The van der Waals surface area contributed by atoms with E-state index in [0.717, 1.165) is 4.88 Å². The van der Waals surface area contributed by atoms with Crippen LogP contribution in [0.3, 0.4) is 0 Å². The number of thiazole rings is 1. The summed E-state index contributed by atoms with van der Waals surface area (Å²) in [7, 11) is 0. The molecule has 6 nitrogen and oxygen atoms in total. The van der Waals surface area contributed by atoms with Gasteiger partial charge in [-0.25, -0.2) is 4.98 Å². The molecule has 0 saturated heterocycles. The van der Waals surface area contributed by atoms with Crippen molar-refractivity contribution in [1.29, 1.82) is 0 Å². The van der Waals surface area contributed by atoms with Gasteiger partial charge in [0.2, 0.25) is 0 Å². The van der Waals surface area contributed by atoms with Gasteiger partial charge < -0.3 is 4.57 Å². The fraction of sp³-hybridized carbons (Fsp3) is 0.125. The summed E-state index contributed by atoms with van der Waals surface area (Å²) in [6.07, 6.45) is 5.11. The van der Waals surface area contributed by atoms with Crippen molar-refractivity contribution < 1.29 is 0 Å². The monoisotopic (exact) mass is 324 g/mol. The first kappa shape index (κ1) is 13.8. The van der Waals surface area contributed by atoms with Crippen molar-refractivity contribution in [1.82, 2.24) is 18.9 Å². The van der Waals surface area contributed by atoms with Crippen molar-refractivity contribution in [3.63, 3.8) is 0 Å². The molecule has 0 atom stereocenters. The molecule has 0 unspecified atom stereocenters. The minimum absolute atomic E-state index is 0.134. The summed E-state index contributed by atoms with van der Waals surface area (Å²) in [4.78, 5) is 34.9. The molecule has 0 aliphatic heterocycles. The predicted octanol–water partition coefficient (Wildman–Crippen LogP) is 1.82. The standard InChI is InChI=1S/C16H12N4O2S/c1-10-8-20-14(21)7-11(18-16(20)23-10)9-19-6-4-13-12(15(19)22)3-2-5-17-13/h2-8H,9H2,1H3. The molecule has 0 radical (unpaired) electrons. The van der Waals surface area contributed by atoms with Crippen LogP contribution in [0, 0.1) is 6.92 Å². The molecule has 0 aromatic carbocycles. The molecule has 0 aliphatic rings. The highest BCUT2D eigenvalue weighted by molar-refractivity contribution is 7.16. The molecule has 4 aromatic heterocycles. The predicted molar refractivity (Wildman–Crippen MR) is 89.2 cm³/mol. The molecule has 0 fully saturated rings.